The molecule has 0 aliphatic heterocycles. The number of halogens is 2. The highest BCUT2D eigenvalue weighted by Gasteiger charge is 2.38. The molecule has 0 bridgehead atoms. The van der Waals surface area contributed by atoms with E-state index in [0.717, 1.165) is 19.3 Å². The lowest BCUT2D eigenvalue weighted by Gasteiger charge is -2.43. The molecule has 1 aromatic carbocycles. The molecule has 0 spiro atoms. The first kappa shape index (κ1) is 15.2. The van der Waals surface area contributed by atoms with E-state index in [4.69, 9.17) is 28.9 Å². The minimum absolute atomic E-state index is 0.260. The molecule has 3 atom stereocenters. The molecule has 0 radical (unpaired) electrons. The molecule has 0 heterocycles. The Balaban J connectivity index is 2.40. The Morgan fingerprint density at radius 3 is 2.47 bits per heavy atom. The molecule has 1 saturated carbocycles. The predicted molar refractivity (Wildman–Crippen MR) is 84.0 cm³/mol. The van der Waals surface area contributed by atoms with Gasteiger partial charge in [-0.05, 0) is 48.1 Å². The predicted octanol–water partition coefficient (Wildman–Crippen LogP) is 5.25. The summed E-state index contributed by atoms with van der Waals surface area (Å²) < 4.78 is 0. The molecule has 2 rings (SSSR count). The fraction of sp³-hybridized carbons (Fsp3) is 0.625. The summed E-state index contributed by atoms with van der Waals surface area (Å²) in [6.07, 6.45) is 3.27. The van der Waals surface area contributed by atoms with E-state index in [9.17, 15) is 0 Å². The van der Waals surface area contributed by atoms with Crippen molar-refractivity contribution < 1.29 is 0 Å². The van der Waals surface area contributed by atoms with Crippen molar-refractivity contribution >= 4 is 23.2 Å². The lowest BCUT2D eigenvalue weighted by Crippen LogP contribution is -2.37. The zero-order valence-corrected chi connectivity index (χ0v) is 13.4. The van der Waals surface area contributed by atoms with Crippen LogP contribution in [0, 0.1) is 11.3 Å². The average molecular weight is 300 g/mol. The number of benzene rings is 1. The fourth-order valence-corrected chi connectivity index (χ4v) is 3.84. The number of nitrogens with two attached hydrogens (primary N) is 1. The molecule has 1 aromatic rings. The van der Waals surface area contributed by atoms with E-state index >= 15 is 0 Å². The van der Waals surface area contributed by atoms with Gasteiger partial charge in [0.2, 0.25) is 0 Å². The van der Waals surface area contributed by atoms with Crippen molar-refractivity contribution in [1.82, 2.24) is 0 Å². The maximum atomic E-state index is 6.42. The van der Waals surface area contributed by atoms with Crippen molar-refractivity contribution in [2.24, 2.45) is 17.1 Å². The van der Waals surface area contributed by atoms with E-state index < -0.39 is 0 Å². The van der Waals surface area contributed by atoms with Crippen LogP contribution in [0.1, 0.15) is 51.5 Å². The summed E-state index contributed by atoms with van der Waals surface area (Å²) >= 11 is 12.6. The van der Waals surface area contributed by atoms with Gasteiger partial charge in [0.1, 0.15) is 0 Å². The number of hydrogen-bond acceptors (Lipinski definition) is 1. The molecular weight excluding hydrogens is 277 g/mol. The maximum absolute atomic E-state index is 6.42. The van der Waals surface area contributed by atoms with Crippen LogP contribution in [0.25, 0.3) is 0 Å². The van der Waals surface area contributed by atoms with Crippen molar-refractivity contribution in [3.63, 3.8) is 0 Å². The number of hydrogen-bond donors (Lipinski definition) is 1. The minimum atomic E-state index is 0.260. The maximum Gasteiger partial charge on any atom is 0.0627 e. The minimum Gasteiger partial charge on any atom is -0.328 e. The summed E-state index contributed by atoms with van der Waals surface area (Å²) in [5.74, 6) is 1.01. The molecule has 0 saturated heterocycles. The Hall–Kier alpha value is -0.240. The lowest BCUT2D eigenvalue weighted by molar-refractivity contribution is 0.141. The topological polar surface area (TPSA) is 26.0 Å². The van der Waals surface area contributed by atoms with Crippen LogP contribution < -0.4 is 5.73 Å². The third kappa shape index (κ3) is 3.26. The van der Waals surface area contributed by atoms with Crippen LogP contribution in [-0.4, -0.2) is 6.04 Å². The third-order valence-electron chi connectivity index (χ3n) is 4.38. The molecule has 106 valence electrons. The zero-order valence-electron chi connectivity index (χ0n) is 11.9. The molecule has 1 fully saturated rings. The lowest BCUT2D eigenvalue weighted by atomic mass is 9.63. The first-order valence-electron chi connectivity index (χ1n) is 7.00. The normalized spacial score (nSPS) is 28.4. The van der Waals surface area contributed by atoms with Gasteiger partial charge in [0, 0.05) is 6.04 Å². The highest BCUT2D eigenvalue weighted by atomic mass is 35.5. The molecule has 1 nitrogen and oxygen atoms in total. The van der Waals surface area contributed by atoms with Crippen LogP contribution in [0.2, 0.25) is 10.0 Å². The Morgan fingerprint density at radius 2 is 1.84 bits per heavy atom. The Morgan fingerprint density at radius 1 is 1.16 bits per heavy atom. The Labute approximate surface area is 126 Å². The smallest absolute Gasteiger partial charge is 0.0627 e. The van der Waals surface area contributed by atoms with Gasteiger partial charge in [-0.2, -0.15) is 0 Å². The molecule has 0 amide bonds. The van der Waals surface area contributed by atoms with Crippen molar-refractivity contribution in [3.05, 3.63) is 33.8 Å². The second-order valence-electron chi connectivity index (χ2n) is 6.80. The van der Waals surface area contributed by atoms with E-state index in [1.165, 1.54) is 5.56 Å². The van der Waals surface area contributed by atoms with Gasteiger partial charge in [0.05, 0.1) is 10.0 Å². The fourth-order valence-electron chi connectivity index (χ4n) is 3.39. The molecule has 1 aliphatic rings. The van der Waals surface area contributed by atoms with Gasteiger partial charge in [-0.1, -0.05) is 56.1 Å². The third-order valence-corrected chi connectivity index (χ3v) is 5.22. The van der Waals surface area contributed by atoms with Crippen molar-refractivity contribution in [2.45, 2.75) is 52.0 Å². The van der Waals surface area contributed by atoms with Crippen LogP contribution in [0.15, 0.2) is 18.2 Å². The van der Waals surface area contributed by atoms with Crippen LogP contribution in [0.5, 0.6) is 0 Å². The molecule has 3 unspecified atom stereocenters. The van der Waals surface area contributed by atoms with Gasteiger partial charge in [0.15, 0.2) is 0 Å². The summed E-state index contributed by atoms with van der Waals surface area (Å²) in [5, 5.41) is 1.35. The first-order chi connectivity index (χ1) is 8.80. The summed E-state index contributed by atoms with van der Waals surface area (Å²) in [6, 6.07) is 6.22. The van der Waals surface area contributed by atoms with Gasteiger partial charge in [0.25, 0.3) is 0 Å². The summed E-state index contributed by atoms with van der Waals surface area (Å²) in [6.45, 7) is 6.92. The molecule has 2 N–H and O–H groups in total. The summed E-state index contributed by atoms with van der Waals surface area (Å²) in [4.78, 5) is 0. The monoisotopic (exact) mass is 299 g/mol. The summed E-state index contributed by atoms with van der Waals surface area (Å²) in [7, 11) is 0. The highest BCUT2D eigenvalue weighted by molar-refractivity contribution is 6.42. The quantitative estimate of drug-likeness (QED) is 0.753. The summed E-state index contributed by atoms with van der Waals surface area (Å²) in [5.41, 5.74) is 7.61. The SMILES string of the molecule is CC(C)(C)C1CCC(N)CC1c1cccc(Cl)c1Cl. The van der Waals surface area contributed by atoms with E-state index in [1.807, 2.05) is 12.1 Å². The van der Waals surface area contributed by atoms with E-state index in [-0.39, 0.29) is 11.5 Å². The van der Waals surface area contributed by atoms with Crippen LogP contribution in [0.3, 0.4) is 0 Å². The van der Waals surface area contributed by atoms with Gasteiger partial charge < -0.3 is 5.73 Å². The van der Waals surface area contributed by atoms with Crippen molar-refractivity contribution in [2.75, 3.05) is 0 Å². The van der Waals surface area contributed by atoms with Crippen LogP contribution in [0.4, 0.5) is 0 Å². The Bertz CT molecular complexity index is 451. The number of rotatable bonds is 1. The van der Waals surface area contributed by atoms with Gasteiger partial charge in [-0.25, -0.2) is 0 Å². The highest BCUT2D eigenvalue weighted by Crippen LogP contribution is 2.48. The van der Waals surface area contributed by atoms with E-state index in [0.29, 0.717) is 21.9 Å². The van der Waals surface area contributed by atoms with Gasteiger partial charge in [-0.15, -0.1) is 0 Å². The second kappa shape index (κ2) is 5.63. The van der Waals surface area contributed by atoms with Gasteiger partial charge >= 0.3 is 0 Å². The Kier molecular flexibility index (Phi) is 4.49. The zero-order chi connectivity index (χ0) is 14.2. The van der Waals surface area contributed by atoms with Crippen LogP contribution >= 0.6 is 23.2 Å². The molecule has 19 heavy (non-hydrogen) atoms. The first-order valence-corrected chi connectivity index (χ1v) is 7.75. The van der Waals surface area contributed by atoms with Crippen molar-refractivity contribution in [1.29, 1.82) is 0 Å². The van der Waals surface area contributed by atoms with E-state index in [2.05, 4.69) is 26.8 Å². The van der Waals surface area contributed by atoms with Crippen LogP contribution in [-0.2, 0) is 0 Å². The van der Waals surface area contributed by atoms with Crippen molar-refractivity contribution in [3.8, 4) is 0 Å². The molecule has 1 aliphatic carbocycles. The van der Waals surface area contributed by atoms with E-state index in [1.54, 1.807) is 0 Å². The standard InChI is InChI=1S/C16H23Cl2N/c1-16(2,3)13-8-7-10(19)9-12(13)11-5-4-6-14(17)15(11)18/h4-6,10,12-13H,7-9,19H2,1-3H3. The average Bonchev–Trinajstić information content (AvgIpc) is 2.31. The van der Waals surface area contributed by atoms with Gasteiger partial charge in [-0.3, -0.25) is 0 Å². The molecular formula is C16H23Cl2N. The second-order valence-corrected chi connectivity index (χ2v) is 7.58. The molecule has 3 heteroatoms. The largest absolute Gasteiger partial charge is 0.328 e. The molecule has 0 aromatic heterocycles.